The van der Waals surface area contributed by atoms with Crippen LogP contribution in [0.25, 0.3) is 0 Å². The maximum atomic E-state index is 13.9. The number of carboxylic acid groups (broad SMARTS) is 1. The lowest BCUT2D eigenvalue weighted by Gasteiger charge is -2.27. The van der Waals surface area contributed by atoms with Crippen molar-refractivity contribution in [3.8, 4) is 5.75 Å². The Balaban J connectivity index is 1.85. The van der Waals surface area contributed by atoms with Crippen molar-refractivity contribution in [1.82, 2.24) is 0 Å². The average Bonchev–Trinajstić information content (AvgIpc) is 2.97. The molecule has 1 N–H and O–H groups in total. The monoisotopic (exact) mass is 401 g/mol. The van der Waals surface area contributed by atoms with E-state index in [9.17, 15) is 14.7 Å². The normalized spacial score (nSPS) is 17.6. The molecule has 0 saturated carbocycles. The van der Waals surface area contributed by atoms with Gasteiger partial charge in [-0.15, -0.1) is 0 Å². The molecule has 152 valence electrons. The second-order valence-electron chi connectivity index (χ2n) is 7.57. The fourth-order valence-electron chi connectivity index (χ4n) is 4.28. The predicted molar refractivity (Wildman–Crippen MR) is 115 cm³/mol. The number of methoxy groups -OCH3 is 1. The van der Waals surface area contributed by atoms with Crippen LogP contribution in [0.3, 0.4) is 0 Å². The van der Waals surface area contributed by atoms with E-state index < -0.39 is 11.4 Å². The Morgan fingerprint density at radius 3 is 2.20 bits per heavy atom. The summed E-state index contributed by atoms with van der Waals surface area (Å²) in [7, 11) is 1.58. The van der Waals surface area contributed by atoms with E-state index in [1.54, 1.807) is 18.1 Å². The van der Waals surface area contributed by atoms with Crippen molar-refractivity contribution in [3.05, 3.63) is 95.6 Å². The van der Waals surface area contributed by atoms with Gasteiger partial charge in [-0.3, -0.25) is 9.59 Å². The van der Waals surface area contributed by atoms with Crippen LogP contribution in [-0.4, -0.2) is 24.1 Å². The molecule has 0 spiro atoms. The van der Waals surface area contributed by atoms with Gasteiger partial charge in [0.05, 0.1) is 31.2 Å². The number of anilines is 1. The van der Waals surface area contributed by atoms with Crippen LogP contribution in [0.4, 0.5) is 5.69 Å². The smallest absolute Gasteiger partial charge is 0.304 e. The van der Waals surface area contributed by atoms with E-state index in [1.165, 1.54) is 0 Å². The highest BCUT2D eigenvalue weighted by Crippen LogP contribution is 2.48. The van der Waals surface area contributed by atoms with E-state index in [0.717, 1.165) is 16.7 Å². The molecule has 5 heteroatoms. The van der Waals surface area contributed by atoms with Gasteiger partial charge in [0.25, 0.3) is 0 Å². The Kier molecular flexibility index (Phi) is 5.27. The SMILES string of the molecule is COc1ccc2c(c1)N(Cc1ccccc1)C(=O)C2(CC(=O)O)Cc1ccccc1. The summed E-state index contributed by atoms with van der Waals surface area (Å²) in [6.45, 7) is 0.371. The number of nitrogens with zero attached hydrogens (tertiary/aromatic N) is 1. The number of hydrogen-bond donors (Lipinski definition) is 1. The standard InChI is InChI=1S/C25H23NO4/c1-30-20-12-13-21-22(14-20)26(17-19-10-6-3-7-11-19)24(29)25(21,16-23(27)28)15-18-8-4-2-5-9-18/h2-14H,15-17H2,1H3,(H,27,28). The predicted octanol–water partition coefficient (Wildman–Crippen LogP) is 4.20. The van der Waals surface area contributed by atoms with E-state index in [1.807, 2.05) is 72.8 Å². The van der Waals surface area contributed by atoms with E-state index in [0.29, 0.717) is 24.4 Å². The molecule has 1 aliphatic rings. The molecule has 1 unspecified atom stereocenters. The fraction of sp³-hybridized carbons (Fsp3) is 0.200. The number of fused-ring (bicyclic) bond motifs is 1. The topological polar surface area (TPSA) is 66.8 Å². The molecule has 1 amide bonds. The first-order valence-electron chi connectivity index (χ1n) is 9.83. The van der Waals surface area contributed by atoms with Crippen LogP contribution in [0.2, 0.25) is 0 Å². The fourth-order valence-corrected chi connectivity index (χ4v) is 4.28. The number of ether oxygens (including phenoxy) is 1. The van der Waals surface area contributed by atoms with Crippen LogP contribution in [0.5, 0.6) is 5.75 Å². The number of carbonyl (C=O) groups excluding carboxylic acids is 1. The summed E-state index contributed by atoms with van der Waals surface area (Å²) >= 11 is 0. The van der Waals surface area contributed by atoms with Crippen LogP contribution >= 0.6 is 0 Å². The number of benzene rings is 3. The lowest BCUT2D eigenvalue weighted by molar-refractivity contribution is -0.141. The minimum Gasteiger partial charge on any atom is -0.497 e. The molecule has 4 rings (SSSR count). The van der Waals surface area contributed by atoms with Gasteiger partial charge in [-0.2, -0.15) is 0 Å². The summed E-state index contributed by atoms with van der Waals surface area (Å²) in [4.78, 5) is 27.4. The Hall–Kier alpha value is -3.60. The van der Waals surface area contributed by atoms with E-state index >= 15 is 0 Å². The van der Waals surface area contributed by atoms with Crippen molar-refractivity contribution < 1.29 is 19.4 Å². The number of carbonyl (C=O) groups is 2. The summed E-state index contributed by atoms with van der Waals surface area (Å²) in [5.41, 5.74) is 2.18. The van der Waals surface area contributed by atoms with E-state index in [4.69, 9.17) is 4.74 Å². The summed E-state index contributed by atoms with van der Waals surface area (Å²) in [5.74, 6) is -0.561. The third-order valence-electron chi connectivity index (χ3n) is 5.65. The van der Waals surface area contributed by atoms with Crippen molar-refractivity contribution in [1.29, 1.82) is 0 Å². The molecule has 0 radical (unpaired) electrons. The largest absolute Gasteiger partial charge is 0.497 e. The molecule has 3 aromatic rings. The van der Waals surface area contributed by atoms with Crippen molar-refractivity contribution in [2.75, 3.05) is 12.0 Å². The van der Waals surface area contributed by atoms with Gasteiger partial charge in [0, 0.05) is 6.07 Å². The zero-order chi connectivity index (χ0) is 21.1. The highest BCUT2D eigenvalue weighted by Gasteiger charge is 2.52. The lowest BCUT2D eigenvalue weighted by Crippen LogP contribution is -2.43. The van der Waals surface area contributed by atoms with Crippen LogP contribution in [0.15, 0.2) is 78.9 Å². The Morgan fingerprint density at radius 2 is 1.60 bits per heavy atom. The zero-order valence-corrected chi connectivity index (χ0v) is 16.7. The molecule has 1 heterocycles. The molecule has 3 aromatic carbocycles. The number of aliphatic carboxylic acids is 1. The van der Waals surface area contributed by atoms with Crippen LogP contribution in [0.1, 0.15) is 23.1 Å². The lowest BCUT2D eigenvalue weighted by atomic mass is 9.74. The zero-order valence-electron chi connectivity index (χ0n) is 16.7. The third-order valence-corrected chi connectivity index (χ3v) is 5.65. The molecule has 0 aliphatic carbocycles. The Bertz CT molecular complexity index is 1070. The quantitative estimate of drug-likeness (QED) is 0.644. The highest BCUT2D eigenvalue weighted by atomic mass is 16.5. The molecule has 0 bridgehead atoms. The molecule has 0 fully saturated rings. The first-order valence-corrected chi connectivity index (χ1v) is 9.83. The van der Waals surface area contributed by atoms with E-state index in [-0.39, 0.29) is 12.3 Å². The van der Waals surface area contributed by atoms with Gasteiger partial charge in [0.1, 0.15) is 5.75 Å². The molecule has 0 aromatic heterocycles. The van der Waals surface area contributed by atoms with Crippen LogP contribution < -0.4 is 9.64 Å². The molecule has 1 aliphatic heterocycles. The van der Waals surface area contributed by atoms with Gasteiger partial charge in [-0.05, 0) is 29.2 Å². The molecule has 30 heavy (non-hydrogen) atoms. The molecule has 0 saturated heterocycles. The Morgan fingerprint density at radius 1 is 0.967 bits per heavy atom. The average molecular weight is 401 g/mol. The van der Waals surface area contributed by atoms with Gasteiger partial charge in [0.2, 0.25) is 5.91 Å². The van der Waals surface area contributed by atoms with Crippen molar-refractivity contribution in [2.45, 2.75) is 24.8 Å². The maximum absolute atomic E-state index is 13.9. The van der Waals surface area contributed by atoms with Gasteiger partial charge in [-0.1, -0.05) is 66.7 Å². The second kappa shape index (κ2) is 8.03. The second-order valence-corrected chi connectivity index (χ2v) is 7.57. The number of rotatable bonds is 7. The van der Waals surface area contributed by atoms with Gasteiger partial charge in [-0.25, -0.2) is 0 Å². The summed E-state index contributed by atoms with van der Waals surface area (Å²) < 4.78 is 5.39. The first-order chi connectivity index (χ1) is 14.5. The number of hydrogen-bond acceptors (Lipinski definition) is 3. The summed E-state index contributed by atoms with van der Waals surface area (Å²) in [6.07, 6.45) is 0.0505. The summed E-state index contributed by atoms with van der Waals surface area (Å²) in [5, 5.41) is 9.74. The maximum Gasteiger partial charge on any atom is 0.304 e. The highest BCUT2D eigenvalue weighted by molar-refractivity contribution is 6.10. The minimum absolute atomic E-state index is 0.194. The molecule has 5 nitrogen and oxygen atoms in total. The molecular weight excluding hydrogens is 378 g/mol. The Labute approximate surface area is 175 Å². The van der Waals surface area contributed by atoms with Crippen molar-refractivity contribution >= 4 is 17.6 Å². The van der Waals surface area contributed by atoms with Crippen molar-refractivity contribution in [3.63, 3.8) is 0 Å². The first kappa shape index (κ1) is 19.7. The van der Waals surface area contributed by atoms with Crippen molar-refractivity contribution in [2.24, 2.45) is 0 Å². The van der Waals surface area contributed by atoms with Gasteiger partial charge >= 0.3 is 5.97 Å². The van der Waals surface area contributed by atoms with Crippen LogP contribution in [0, 0.1) is 0 Å². The van der Waals surface area contributed by atoms with Crippen LogP contribution in [-0.2, 0) is 28.0 Å². The summed E-state index contributed by atoms with van der Waals surface area (Å²) in [6, 6.07) is 24.7. The van der Waals surface area contributed by atoms with Gasteiger partial charge in [0.15, 0.2) is 0 Å². The minimum atomic E-state index is -1.16. The molecule has 1 atom stereocenters. The number of amides is 1. The third kappa shape index (κ3) is 3.54. The molecular formula is C25H23NO4. The van der Waals surface area contributed by atoms with E-state index in [2.05, 4.69) is 0 Å². The number of carboxylic acids is 1. The van der Waals surface area contributed by atoms with Gasteiger partial charge < -0.3 is 14.7 Å².